The van der Waals surface area contributed by atoms with Crippen LogP contribution in [0.1, 0.15) is 79.0 Å². The number of hydrogen-bond acceptors (Lipinski definition) is 4. The molecule has 8 aromatic carbocycles. The zero-order valence-electron chi connectivity index (χ0n) is 38.9. The predicted octanol–water partition coefficient (Wildman–Crippen LogP) is 17.0. The molecule has 0 atom stereocenters. The number of anilines is 2. The van der Waals surface area contributed by atoms with Crippen molar-refractivity contribution in [3.63, 3.8) is 0 Å². The number of fused-ring (bicyclic) bond motifs is 19. The van der Waals surface area contributed by atoms with Gasteiger partial charge in [0.25, 0.3) is 0 Å². The summed E-state index contributed by atoms with van der Waals surface area (Å²) in [5, 5.41) is 10.9. The maximum atomic E-state index is 2.75. The van der Waals surface area contributed by atoms with Crippen LogP contribution in [-0.2, 0) is 16.2 Å². The van der Waals surface area contributed by atoms with Crippen LogP contribution in [0.5, 0.6) is 0 Å². The lowest BCUT2D eigenvalue weighted by atomic mass is 9.43. The fraction of sp³-hybridized carbons (Fsp3) is 0.200. The molecular weight excluding hydrogens is 856 g/mol. The largest absolute Gasteiger partial charge is 0.376 e. The van der Waals surface area contributed by atoms with Crippen LogP contribution in [0.25, 0.3) is 99.1 Å². The first kappa shape index (κ1) is 39.3. The Labute approximate surface area is 397 Å². The lowest BCUT2D eigenvalue weighted by Crippen LogP contribution is -2.60. The van der Waals surface area contributed by atoms with Crippen molar-refractivity contribution in [1.82, 2.24) is 4.57 Å². The molecule has 0 unspecified atom stereocenters. The van der Waals surface area contributed by atoms with Crippen LogP contribution in [0.3, 0.4) is 0 Å². The van der Waals surface area contributed by atoms with Gasteiger partial charge in [-0.1, -0.05) is 129 Å². The molecule has 12 aromatic rings. The molecule has 0 bridgehead atoms. The number of hydrogen-bond donors (Lipinski definition) is 0. The van der Waals surface area contributed by atoms with Gasteiger partial charge in [0.05, 0.1) is 11.0 Å². The Morgan fingerprint density at radius 1 is 0.439 bits per heavy atom. The van der Waals surface area contributed by atoms with Crippen molar-refractivity contribution in [2.24, 2.45) is 0 Å². The molecule has 0 spiro atoms. The molecule has 2 nitrogen and oxygen atoms in total. The summed E-state index contributed by atoms with van der Waals surface area (Å²) in [6.45, 7) is 20.9. The number of nitrogens with zero attached hydrogens (tertiary/aromatic N) is 2. The van der Waals surface area contributed by atoms with Gasteiger partial charge in [0.1, 0.15) is 0 Å². The van der Waals surface area contributed by atoms with Crippen molar-refractivity contribution in [3.8, 4) is 16.8 Å². The Morgan fingerprint density at radius 2 is 1.02 bits per heavy atom. The van der Waals surface area contributed by atoms with Crippen molar-refractivity contribution in [2.75, 3.05) is 4.81 Å². The molecule has 0 saturated carbocycles. The molecule has 320 valence electrons. The topological polar surface area (TPSA) is 8.17 Å². The van der Waals surface area contributed by atoms with Crippen LogP contribution in [0, 0.1) is 0 Å². The minimum atomic E-state index is -0.0944. The van der Waals surface area contributed by atoms with E-state index in [9.17, 15) is 0 Å². The first-order valence-corrected chi connectivity index (χ1v) is 25.9. The van der Waals surface area contributed by atoms with Gasteiger partial charge < -0.3 is 9.38 Å². The molecule has 0 fully saturated rings. The van der Waals surface area contributed by atoms with Gasteiger partial charge in [0.2, 0.25) is 0 Å². The summed E-state index contributed by atoms with van der Waals surface area (Å²) in [5.74, 6) is 0. The highest BCUT2D eigenvalue weighted by Gasteiger charge is 2.46. The Bertz CT molecular complexity index is 4120. The Balaban J connectivity index is 1.23. The first-order valence-electron chi connectivity index (χ1n) is 23.4. The smallest absolute Gasteiger partial charge is 0.333 e. The standard InChI is InChI=1S/C60H49BN2S3/c1-58(2,3)32-18-22-35(23-19-32)63-45-29-40-38-26-34(60(7,8)9)21-25-49(38)65-50(40)30-42(45)52-53-37-15-11-13-17-48(37)66-57(53)54-41-27-33(59(4,5)6)20-24-44(41)62-46-31-51-39(36-14-10-12-16-47(36)64-51)28-43(46)61(63)55(52)56(54)62/h10-31H,1-9H3. The van der Waals surface area contributed by atoms with E-state index in [1.54, 1.807) is 0 Å². The van der Waals surface area contributed by atoms with Gasteiger partial charge in [-0.25, -0.2) is 0 Å². The van der Waals surface area contributed by atoms with Crippen LogP contribution in [0.15, 0.2) is 133 Å². The van der Waals surface area contributed by atoms with Crippen molar-refractivity contribution in [2.45, 2.75) is 78.6 Å². The van der Waals surface area contributed by atoms with Crippen LogP contribution < -0.4 is 15.7 Å². The normalized spacial score (nSPS) is 14.1. The van der Waals surface area contributed by atoms with Crippen molar-refractivity contribution in [1.29, 1.82) is 0 Å². The highest BCUT2D eigenvalue weighted by atomic mass is 32.1. The fourth-order valence-electron chi connectivity index (χ4n) is 11.6. The summed E-state index contributed by atoms with van der Waals surface area (Å²) < 4.78 is 10.8. The summed E-state index contributed by atoms with van der Waals surface area (Å²) >= 11 is 5.85. The van der Waals surface area contributed by atoms with Crippen molar-refractivity contribution >= 4 is 145 Å². The number of rotatable bonds is 1. The minimum absolute atomic E-state index is 0.00180. The van der Waals surface area contributed by atoms with Crippen LogP contribution in [0.4, 0.5) is 11.4 Å². The molecule has 0 aliphatic carbocycles. The zero-order valence-corrected chi connectivity index (χ0v) is 41.3. The average molecular weight is 905 g/mol. The number of benzene rings is 8. The van der Waals surface area contributed by atoms with Crippen molar-refractivity contribution < 1.29 is 0 Å². The Kier molecular flexibility index (Phi) is 7.70. The Morgan fingerprint density at radius 3 is 1.73 bits per heavy atom. The maximum absolute atomic E-state index is 2.75. The van der Waals surface area contributed by atoms with E-state index >= 15 is 0 Å². The molecule has 66 heavy (non-hydrogen) atoms. The summed E-state index contributed by atoms with van der Waals surface area (Å²) in [6, 6.07) is 52.7. The second-order valence-corrected chi connectivity index (χ2v) is 25.4. The molecule has 2 aliphatic rings. The maximum Gasteiger partial charge on any atom is 0.333 e. The van der Waals surface area contributed by atoms with E-state index in [-0.39, 0.29) is 23.1 Å². The van der Waals surface area contributed by atoms with Gasteiger partial charge in [-0.05, 0) is 116 Å². The second-order valence-electron chi connectivity index (χ2n) is 22.1. The summed E-state index contributed by atoms with van der Waals surface area (Å²) in [6.07, 6.45) is 0. The molecule has 0 N–H and O–H groups in total. The van der Waals surface area contributed by atoms with Crippen LogP contribution in [-0.4, -0.2) is 11.4 Å². The third kappa shape index (κ3) is 5.24. The average Bonchev–Trinajstić information content (AvgIpc) is 4.04. The second kappa shape index (κ2) is 12.9. The molecule has 4 aromatic heterocycles. The number of aromatic nitrogens is 1. The minimum Gasteiger partial charge on any atom is -0.376 e. The molecule has 0 saturated heterocycles. The van der Waals surface area contributed by atoms with Gasteiger partial charge in [0.15, 0.2) is 0 Å². The van der Waals surface area contributed by atoms with E-state index in [2.05, 4.69) is 205 Å². The Hall–Kier alpha value is -5.92. The van der Waals surface area contributed by atoms with Gasteiger partial charge in [-0.15, -0.1) is 34.0 Å². The third-order valence-electron chi connectivity index (χ3n) is 15.0. The molecule has 2 aliphatic heterocycles. The third-order valence-corrected chi connectivity index (χ3v) is 18.5. The van der Waals surface area contributed by atoms with Gasteiger partial charge in [-0.2, -0.15) is 0 Å². The predicted molar refractivity (Wildman–Crippen MR) is 295 cm³/mol. The first-order chi connectivity index (χ1) is 31.6. The summed E-state index contributed by atoms with van der Waals surface area (Å²) in [4.78, 5) is 2.75. The molecule has 0 radical (unpaired) electrons. The summed E-state index contributed by atoms with van der Waals surface area (Å²) in [7, 11) is 0. The van der Waals surface area contributed by atoms with Crippen molar-refractivity contribution in [3.05, 3.63) is 150 Å². The highest BCUT2D eigenvalue weighted by molar-refractivity contribution is 7.27. The van der Waals surface area contributed by atoms with E-state index in [0.717, 1.165) is 0 Å². The summed E-state index contributed by atoms with van der Waals surface area (Å²) in [5.41, 5.74) is 16.1. The quantitative estimate of drug-likeness (QED) is 0.149. The fourth-order valence-corrected chi connectivity index (χ4v) is 15.1. The van der Waals surface area contributed by atoms with E-state index in [1.807, 2.05) is 34.0 Å². The van der Waals surface area contributed by atoms with E-state index in [1.165, 1.54) is 138 Å². The van der Waals surface area contributed by atoms with E-state index < -0.39 is 0 Å². The van der Waals surface area contributed by atoms with Crippen LogP contribution >= 0.6 is 34.0 Å². The molecule has 0 amide bonds. The lowest BCUT2D eigenvalue weighted by molar-refractivity contribution is 0.590. The molecular formula is C60H49BN2S3. The zero-order chi connectivity index (χ0) is 44.9. The van der Waals surface area contributed by atoms with Crippen LogP contribution in [0.2, 0.25) is 0 Å². The van der Waals surface area contributed by atoms with E-state index in [0.29, 0.717) is 0 Å². The van der Waals surface area contributed by atoms with Gasteiger partial charge in [0, 0.05) is 93.9 Å². The van der Waals surface area contributed by atoms with Gasteiger partial charge >= 0.3 is 6.85 Å². The molecule has 6 heterocycles. The lowest BCUT2D eigenvalue weighted by Gasteiger charge is -2.42. The SMILES string of the molecule is CC(C)(C)c1ccc(N2B3c4cc5c(cc4-n4c6ccc(C(C)(C)C)cc6c6c7sc8ccccc8c7c(c3c64)-c3cc4sc6ccc(C(C)(C)C)cc6c4cc32)sc2ccccc25)cc1. The van der Waals surface area contributed by atoms with Gasteiger partial charge in [-0.3, -0.25) is 0 Å². The molecule has 14 rings (SSSR count). The number of thiophene rings is 3. The monoisotopic (exact) mass is 904 g/mol. The molecule has 6 heteroatoms. The van der Waals surface area contributed by atoms with E-state index in [4.69, 9.17) is 0 Å². The highest BCUT2D eigenvalue weighted by Crippen LogP contribution is 2.55.